The molecule has 134 valence electrons. The number of nitrogens with one attached hydrogen (secondary N) is 1. The molecule has 1 atom stereocenters. The molecule has 2 aromatic carbocycles. The number of halogens is 1. The van der Waals surface area contributed by atoms with Gasteiger partial charge < -0.3 is 14.8 Å². The number of carbonyl (C=O) groups is 2. The molecule has 0 bridgehead atoms. The standard InChI is InChI=1S/C20H18ClNO4/c1-13(19(23)22-11-15-7-2-4-8-17(15)21)26-20(24)16-10-14-6-3-5-9-18(14)25-12-16/h2-10,13H,11-12H2,1H3,(H,22,23). The van der Waals surface area contributed by atoms with Gasteiger partial charge in [-0.3, -0.25) is 4.79 Å². The highest BCUT2D eigenvalue weighted by molar-refractivity contribution is 6.31. The van der Waals surface area contributed by atoms with E-state index in [0.29, 0.717) is 10.6 Å². The molecule has 1 aliphatic rings. The van der Waals surface area contributed by atoms with Crippen molar-refractivity contribution < 1.29 is 19.1 Å². The molecular formula is C20H18ClNO4. The SMILES string of the molecule is CC(OC(=O)C1=Cc2ccccc2OC1)C(=O)NCc1ccccc1Cl. The van der Waals surface area contributed by atoms with Crippen LogP contribution in [0.4, 0.5) is 0 Å². The Morgan fingerprint density at radius 1 is 1.19 bits per heavy atom. The lowest BCUT2D eigenvalue weighted by Gasteiger charge is -2.19. The fourth-order valence-electron chi connectivity index (χ4n) is 2.49. The van der Waals surface area contributed by atoms with Gasteiger partial charge in [-0.25, -0.2) is 4.79 Å². The Bertz CT molecular complexity index is 862. The van der Waals surface area contributed by atoms with Crippen LogP contribution in [0.1, 0.15) is 18.1 Å². The molecule has 1 aliphatic heterocycles. The highest BCUT2D eigenvalue weighted by Gasteiger charge is 2.23. The van der Waals surface area contributed by atoms with Crippen molar-refractivity contribution in [2.75, 3.05) is 6.61 Å². The van der Waals surface area contributed by atoms with Gasteiger partial charge in [0.2, 0.25) is 0 Å². The number of amides is 1. The van der Waals surface area contributed by atoms with E-state index in [1.54, 1.807) is 12.1 Å². The van der Waals surface area contributed by atoms with Gasteiger partial charge in [-0.2, -0.15) is 0 Å². The van der Waals surface area contributed by atoms with Crippen molar-refractivity contribution in [2.45, 2.75) is 19.6 Å². The maximum absolute atomic E-state index is 12.3. The minimum Gasteiger partial charge on any atom is -0.488 e. The Balaban J connectivity index is 1.57. The molecular weight excluding hydrogens is 354 g/mol. The Morgan fingerprint density at radius 2 is 1.92 bits per heavy atom. The smallest absolute Gasteiger partial charge is 0.338 e. The minimum atomic E-state index is -0.928. The van der Waals surface area contributed by atoms with Gasteiger partial charge in [-0.15, -0.1) is 0 Å². The van der Waals surface area contributed by atoms with Gasteiger partial charge in [0.15, 0.2) is 6.10 Å². The number of hydrogen-bond donors (Lipinski definition) is 1. The molecule has 1 N–H and O–H groups in total. The molecule has 0 aromatic heterocycles. The maximum Gasteiger partial charge on any atom is 0.338 e. The Labute approximate surface area is 156 Å². The summed E-state index contributed by atoms with van der Waals surface area (Å²) < 4.78 is 10.8. The molecule has 0 saturated heterocycles. The number of rotatable bonds is 5. The fourth-order valence-corrected chi connectivity index (χ4v) is 2.69. The van der Waals surface area contributed by atoms with Crippen LogP contribution in [0, 0.1) is 0 Å². The van der Waals surface area contributed by atoms with Gasteiger partial charge in [0.1, 0.15) is 12.4 Å². The van der Waals surface area contributed by atoms with Gasteiger partial charge >= 0.3 is 5.97 Å². The van der Waals surface area contributed by atoms with Gasteiger partial charge in [0.05, 0.1) is 5.57 Å². The summed E-state index contributed by atoms with van der Waals surface area (Å²) in [4.78, 5) is 24.4. The van der Waals surface area contributed by atoms with E-state index in [1.165, 1.54) is 6.92 Å². The van der Waals surface area contributed by atoms with Crippen molar-refractivity contribution in [1.82, 2.24) is 5.32 Å². The molecule has 0 spiro atoms. The summed E-state index contributed by atoms with van der Waals surface area (Å²) in [6.07, 6.45) is 0.790. The monoisotopic (exact) mass is 371 g/mol. The number of ether oxygens (including phenoxy) is 2. The molecule has 5 nitrogen and oxygen atoms in total. The van der Waals surface area contributed by atoms with Crippen molar-refractivity contribution in [3.8, 4) is 5.75 Å². The van der Waals surface area contributed by atoms with E-state index < -0.39 is 18.0 Å². The summed E-state index contributed by atoms with van der Waals surface area (Å²) >= 11 is 6.06. The summed E-state index contributed by atoms with van der Waals surface area (Å²) in [5.41, 5.74) is 1.97. The average molecular weight is 372 g/mol. The summed E-state index contributed by atoms with van der Waals surface area (Å²) in [7, 11) is 0. The van der Waals surface area contributed by atoms with E-state index in [4.69, 9.17) is 21.1 Å². The van der Waals surface area contributed by atoms with Crippen molar-refractivity contribution >= 4 is 29.6 Å². The summed E-state index contributed by atoms with van der Waals surface area (Å²) in [5.74, 6) is -0.245. The van der Waals surface area contributed by atoms with Gasteiger partial charge in [-0.1, -0.05) is 48.0 Å². The summed E-state index contributed by atoms with van der Waals surface area (Å²) in [5, 5.41) is 3.28. The van der Waals surface area contributed by atoms with Gasteiger partial charge in [0.25, 0.3) is 5.91 Å². The maximum atomic E-state index is 12.3. The number of benzene rings is 2. The molecule has 1 amide bonds. The molecule has 2 aromatic rings. The number of esters is 1. The van der Waals surface area contributed by atoms with Gasteiger partial charge in [-0.05, 0) is 30.7 Å². The van der Waals surface area contributed by atoms with Crippen LogP contribution < -0.4 is 10.1 Å². The third kappa shape index (κ3) is 4.24. The quantitative estimate of drug-likeness (QED) is 0.818. The van der Waals surface area contributed by atoms with Crippen molar-refractivity contribution in [1.29, 1.82) is 0 Å². The minimum absolute atomic E-state index is 0.115. The van der Waals surface area contributed by atoms with E-state index >= 15 is 0 Å². The Kier molecular flexibility index (Phi) is 5.58. The molecule has 0 radical (unpaired) electrons. The molecule has 1 unspecified atom stereocenters. The zero-order chi connectivity index (χ0) is 18.5. The van der Waals surface area contributed by atoms with E-state index in [1.807, 2.05) is 42.5 Å². The topological polar surface area (TPSA) is 64.6 Å². The second-order valence-electron chi connectivity index (χ2n) is 5.85. The first-order chi connectivity index (χ1) is 12.5. The Morgan fingerprint density at radius 3 is 2.73 bits per heavy atom. The van der Waals surface area contributed by atoms with E-state index in [2.05, 4.69) is 5.32 Å². The van der Waals surface area contributed by atoms with Crippen molar-refractivity contribution in [3.63, 3.8) is 0 Å². The number of fused-ring (bicyclic) bond motifs is 1. The lowest BCUT2D eigenvalue weighted by atomic mass is 10.1. The van der Waals surface area contributed by atoms with E-state index in [0.717, 1.165) is 16.9 Å². The zero-order valence-electron chi connectivity index (χ0n) is 14.2. The summed E-state index contributed by atoms with van der Waals surface area (Å²) in [6, 6.07) is 14.6. The second-order valence-corrected chi connectivity index (χ2v) is 6.26. The number of para-hydroxylation sites is 1. The molecule has 0 saturated carbocycles. The lowest BCUT2D eigenvalue weighted by Crippen LogP contribution is -2.36. The van der Waals surface area contributed by atoms with Crippen LogP contribution in [0.5, 0.6) is 5.75 Å². The molecule has 6 heteroatoms. The molecule has 1 heterocycles. The lowest BCUT2D eigenvalue weighted by molar-refractivity contribution is -0.151. The van der Waals surface area contributed by atoms with Crippen LogP contribution in [0.2, 0.25) is 5.02 Å². The van der Waals surface area contributed by atoms with Crippen LogP contribution in [0.15, 0.2) is 54.1 Å². The highest BCUT2D eigenvalue weighted by Crippen LogP contribution is 2.26. The van der Waals surface area contributed by atoms with E-state index in [9.17, 15) is 9.59 Å². The van der Waals surface area contributed by atoms with Crippen molar-refractivity contribution in [3.05, 3.63) is 70.3 Å². The van der Waals surface area contributed by atoms with Crippen LogP contribution in [0.3, 0.4) is 0 Å². The predicted molar refractivity (Wildman–Crippen MR) is 98.8 cm³/mol. The number of hydrogen-bond acceptors (Lipinski definition) is 4. The first kappa shape index (κ1) is 18.0. The Hall–Kier alpha value is -2.79. The zero-order valence-corrected chi connectivity index (χ0v) is 15.0. The van der Waals surface area contributed by atoms with Gasteiger partial charge in [0, 0.05) is 17.1 Å². The molecule has 0 fully saturated rings. The first-order valence-corrected chi connectivity index (χ1v) is 8.57. The largest absolute Gasteiger partial charge is 0.488 e. The predicted octanol–water partition coefficient (Wildman–Crippen LogP) is 3.36. The van der Waals surface area contributed by atoms with Crippen molar-refractivity contribution in [2.24, 2.45) is 0 Å². The fraction of sp³-hybridized carbons (Fsp3) is 0.200. The average Bonchev–Trinajstić information content (AvgIpc) is 2.66. The van der Waals surface area contributed by atoms with Crippen LogP contribution in [-0.4, -0.2) is 24.6 Å². The molecule has 0 aliphatic carbocycles. The molecule has 26 heavy (non-hydrogen) atoms. The first-order valence-electron chi connectivity index (χ1n) is 8.19. The van der Waals surface area contributed by atoms with Crippen LogP contribution in [-0.2, 0) is 20.9 Å². The number of carbonyl (C=O) groups excluding carboxylic acids is 2. The third-order valence-corrected chi connectivity index (χ3v) is 4.33. The third-order valence-electron chi connectivity index (χ3n) is 3.96. The summed E-state index contributed by atoms with van der Waals surface area (Å²) in [6.45, 7) is 1.90. The highest BCUT2D eigenvalue weighted by atomic mass is 35.5. The normalized spacial score (nSPS) is 13.7. The van der Waals surface area contributed by atoms with Crippen LogP contribution >= 0.6 is 11.6 Å². The second kappa shape index (κ2) is 8.06. The van der Waals surface area contributed by atoms with E-state index in [-0.39, 0.29) is 13.2 Å². The molecule has 3 rings (SSSR count). The van der Waals surface area contributed by atoms with Crippen LogP contribution in [0.25, 0.3) is 6.08 Å².